The summed E-state index contributed by atoms with van der Waals surface area (Å²) in [6, 6.07) is 6.99. The fraction of sp³-hybridized carbons (Fsp3) is 0.444. The van der Waals surface area contributed by atoms with E-state index in [2.05, 4.69) is 5.16 Å². The van der Waals surface area contributed by atoms with Gasteiger partial charge in [-0.2, -0.15) is 13.2 Å². The Balaban J connectivity index is 1.57. The van der Waals surface area contributed by atoms with Gasteiger partial charge >= 0.3 is 6.18 Å². The summed E-state index contributed by atoms with van der Waals surface area (Å²) in [5, 5.41) is 3.55. The Morgan fingerprint density at radius 1 is 1.32 bits per heavy atom. The van der Waals surface area contributed by atoms with Crippen LogP contribution in [-0.4, -0.2) is 29.1 Å². The van der Waals surface area contributed by atoms with Crippen LogP contribution in [0.3, 0.4) is 0 Å². The summed E-state index contributed by atoms with van der Waals surface area (Å²) in [6.07, 6.45) is 0.288. The van der Waals surface area contributed by atoms with E-state index < -0.39 is 11.7 Å². The summed E-state index contributed by atoms with van der Waals surface area (Å²) in [5.41, 5.74) is 0.0595. The quantitative estimate of drug-likeness (QED) is 0.829. The number of carbonyl (C=O) groups is 1. The van der Waals surface area contributed by atoms with Crippen molar-refractivity contribution >= 4 is 5.91 Å². The topological polar surface area (TPSA) is 46.3 Å². The second-order valence-electron chi connectivity index (χ2n) is 6.37. The highest BCUT2D eigenvalue weighted by Crippen LogP contribution is 2.30. The highest BCUT2D eigenvalue weighted by atomic mass is 19.4. The van der Waals surface area contributed by atoms with E-state index in [-0.39, 0.29) is 17.6 Å². The number of nitrogens with zero attached hydrogens (tertiary/aromatic N) is 2. The number of aromatic nitrogens is 1. The number of hydrogen-bond acceptors (Lipinski definition) is 3. The summed E-state index contributed by atoms with van der Waals surface area (Å²) < 4.78 is 43.2. The highest BCUT2D eigenvalue weighted by molar-refractivity contribution is 5.91. The number of alkyl halides is 3. The van der Waals surface area contributed by atoms with Crippen molar-refractivity contribution in [1.82, 2.24) is 10.1 Å². The first-order valence-electron chi connectivity index (χ1n) is 8.29. The van der Waals surface area contributed by atoms with E-state index in [1.807, 2.05) is 0 Å². The van der Waals surface area contributed by atoms with E-state index in [0.717, 1.165) is 25.3 Å². The maximum Gasteiger partial charge on any atom is 0.416 e. The summed E-state index contributed by atoms with van der Waals surface area (Å²) in [4.78, 5) is 14.0. The van der Waals surface area contributed by atoms with Gasteiger partial charge in [-0.05, 0) is 43.2 Å². The van der Waals surface area contributed by atoms with E-state index in [0.29, 0.717) is 25.1 Å². The summed E-state index contributed by atoms with van der Waals surface area (Å²) in [6.45, 7) is 1.26. The van der Waals surface area contributed by atoms with Crippen LogP contribution in [0.4, 0.5) is 13.2 Å². The monoisotopic (exact) mass is 352 g/mol. The van der Waals surface area contributed by atoms with Gasteiger partial charge in [0.15, 0.2) is 0 Å². The maximum absolute atomic E-state index is 12.8. The minimum absolute atomic E-state index is 0.179. The van der Waals surface area contributed by atoms with Crippen LogP contribution in [-0.2, 0) is 12.6 Å². The third-order valence-electron chi connectivity index (χ3n) is 4.55. The van der Waals surface area contributed by atoms with Gasteiger partial charge in [-0.15, -0.1) is 0 Å². The van der Waals surface area contributed by atoms with Crippen molar-refractivity contribution in [3.05, 3.63) is 53.4 Å². The maximum atomic E-state index is 12.8. The lowest BCUT2D eigenvalue weighted by Gasteiger charge is -2.32. The molecular formula is C18H19F3N2O2. The van der Waals surface area contributed by atoms with Crippen molar-refractivity contribution in [2.45, 2.75) is 31.9 Å². The van der Waals surface area contributed by atoms with Gasteiger partial charge in [0.25, 0.3) is 5.91 Å². The molecule has 25 heavy (non-hydrogen) atoms. The Kier molecular flexibility index (Phi) is 5.11. The molecule has 7 heteroatoms. The van der Waals surface area contributed by atoms with Crippen LogP contribution in [0.5, 0.6) is 0 Å². The molecule has 0 spiro atoms. The molecule has 1 saturated heterocycles. The number of hydrogen-bond donors (Lipinski definition) is 0. The predicted octanol–water partition coefficient (Wildman–Crippen LogP) is 4.18. The number of halogens is 3. The van der Waals surface area contributed by atoms with E-state index >= 15 is 0 Å². The molecule has 0 N–H and O–H groups in total. The van der Waals surface area contributed by atoms with E-state index in [1.165, 1.54) is 24.4 Å². The molecule has 1 aromatic heterocycles. The molecule has 0 unspecified atom stereocenters. The third kappa shape index (κ3) is 4.41. The fourth-order valence-corrected chi connectivity index (χ4v) is 3.24. The van der Waals surface area contributed by atoms with Gasteiger partial charge in [0, 0.05) is 19.2 Å². The van der Waals surface area contributed by atoms with E-state index in [1.54, 1.807) is 11.0 Å². The molecule has 0 aliphatic carbocycles. The molecule has 3 rings (SSSR count). The van der Waals surface area contributed by atoms with Crippen molar-refractivity contribution in [3.63, 3.8) is 0 Å². The summed E-state index contributed by atoms with van der Waals surface area (Å²) >= 11 is 0. The SMILES string of the molecule is O=C(c1ccno1)N1CCC[C@H](CCc2cccc(C(F)(F)F)c2)C1. The zero-order chi connectivity index (χ0) is 17.9. The van der Waals surface area contributed by atoms with Crippen LogP contribution in [0, 0.1) is 5.92 Å². The first kappa shape index (κ1) is 17.5. The smallest absolute Gasteiger partial charge is 0.351 e. The second-order valence-corrected chi connectivity index (χ2v) is 6.37. The lowest BCUT2D eigenvalue weighted by molar-refractivity contribution is -0.137. The number of likely N-dealkylation sites (tertiary alicyclic amines) is 1. The Labute approximate surface area is 143 Å². The molecule has 1 aliphatic heterocycles. The minimum Gasteiger partial charge on any atom is -0.351 e. The summed E-state index contributed by atoms with van der Waals surface area (Å²) in [5.74, 6) is 0.315. The number of carbonyl (C=O) groups excluding carboxylic acids is 1. The van der Waals surface area contributed by atoms with Gasteiger partial charge < -0.3 is 9.42 Å². The van der Waals surface area contributed by atoms with Crippen LogP contribution in [0.2, 0.25) is 0 Å². The van der Waals surface area contributed by atoms with E-state index in [4.69, 9.17) is 4.52 Å². The zero-order valence-electron chi connectivity index (χ0n) is 13.6. The Morgan fingerprint density at radius 3 is 2.88 bits per heavy atom. The molecule has 2 aromatic rings. The van der Waals surface area contributed by atoms with Crippen LogP contribution in [0.15, 0.2) is 41.1 Å². The first-order valence-corrected chi connectivity index (χ1v) is 8.29. The molecule has 1 amide bonds. The van der Waals surface area contributed by atoms with Crippen molar-refractivity contribution in [3.8, 4) is 0 Å². The fourth-order valence-electron chi connectivity index (χ4n) is 3.24. The normalized spacial score (nSPS) is 18.4. The van der Waals surface area contributed by atoms with Crippen LogP contribution >= 0.6 is 0 Å². The highest BCUT2D eigenvalue weighted by Gasteiger charge is 2.30. The molecule has 0 bridgehead atoms. The standard InChI is InChI=1S/C18H19F3N2O2/c19-18(20,21)15-5-1-3-13(11-15)6-7-14-4-2-10-23(12-14)17(24)16-8-9-22-25-16/h1,3,5,8-9,11,14H,2,4,6-7,10,12H2/t14-/m1/s1. The molecule has 1 atom stereocenters. The Bertz CT molecular complexity index is 713. The van der Waals surface area contributed by atoms with Crippen LogP contribution in [0.25, 0.3) is 0 Å². The average molecular weight is 352 g/mol. The Morgan fingerprint density at radius 2 is 2.16 bits per heavy atom. The molecule has 134 valence electrons. The second kappa shape index (κ2) is 7.29. The van der Waals surface area contributed by atoms with Gasteiger partial charge in [0.2, 0.25) is 5.76 Å². The average Bonchev–Trinajstić information content (AvgIpc) is 3.14. The molecule has 0 saturated carbocycles. The molecular weight excluding hydrogens is 333 g/mol. The van der Waals surface area contributed by atoms with Gasteiger partial charge in [-0.3, -0.25) is 4.79 Å². The molecule has 0 radical (unpaired) electrons. The number of amides is 1. The van der Waals surface area contributed by atoms with Crippen molar-refractivity contribution in [1.29, 1.82) is 0 Å². The minimum atomic E-state index is -4.32. The van der Waals surface area contributed by atoms with Crippen molar-refractivity contribution in [2.75, 3.05) is 13.1 Å². The number of benzene rings is 1. The predicted molar refractivity (Wildman–Crippen MR) is 84.9 cm³/mol. The molecule has 1 aromatic carbocycles. The lowest BCUT2D eigenvalue weighted by atomic mass is 9.91. The number of piperidine rings is 1. The van der Waals surface area contributed by atoms with Gasteiger partial charge in [-0.1, -0.05) is 23.4 Å². The molecule has 1 aliphatic rings. The van der Waals surface area contributed by atoms with Crippen LogP contribution < -0.4 is 0 Å². The first-order chi connectivity index (χ1) is 11.9. The number of rotatable bonds is 4. The lowest BCUT2D eigenvalue weighted by Crippen LogP contribution is -2.39. The largest absolute Gasteiger partial charge is 0.416 e. The van der Waals surface area contributed by atoms with E-state index in [9.17, 15) is 18.0 Å². The number of aryl methyl sites for hydroxylation is 1. The molecule has 4 nitrogen and oxygen atoms in total. The van der Waals surface area contributed by atoms with Crippen molar-refractivity contribution < 1.29 is 22.5 Å². The zero-order valence-corrected chi connectivity index (χ0v) is 13.6. The molecule has 1 fully saturated rings. The van der Waals surface area contributed by atoms with Crippen molar-refractivity contribution in [2.24, 2.45) is 5.92 Å². The molecule has 2 heterocycles. The van der Waals surface area contributed by atoms with Gasteiger partial charge in [0.1, 0.15) is 0 Å². The summed E-state index contributed by atoms with van der Waals surface area (Å²) in [7, 11) is 0. The third-order valence-corrected chi connectivity index (χ3v) is 4.55. The Hall–Kier alpha value is -2.31. The van der Waals surface area contributed by atoms with Gasteiger partial charge in [-0.25, -0.2) is 0 Å². The van der Waals surface area contributed by atoms with Crippen LogP contribution in [0.1, 0.15) is 40.9 Å². The van der Waals surface area contributed by atoms with Gasteiger partial charge in [0.05, 0.1) is 11.8 Å².